The van der Waals surface area contributed by atoms with Crippen LogP contribution in [0.1, 0.15) is 25.5 Å². The molecule has 0 spiro atoms. The van der Waals surface area contributed by atoms with Crippen LogP contribution in [0.4, 0.5) is 0 Å². The highest BCUT2D eigenvalue weighted by Gasteiger charge is 2.23. The van der Waals surface area contributed by atoms with Crippen LogP contribution in [-0.4, -0.2) is 38.3 Å². The third-order valence-electron chi connectivity index (χ3n) is 3.08. The highest BCUT2D eigenvalue weighted by molar-refractivity contribution is 7.99. The number of thioether (sulfide) groups is 1. The summed E-state index contributed by atoms with van der Waals surface area (Å²) in [7, 11) is 0. The molecule has 1 aromatic heterocycles. The summed E-state index contributed by atoms with van der Waals surface area (Å²) in [4.78, 5) is 26.1. The van der Waals surface area contributed by atoms with Crippen LogP contribution in [0.25, 0.3) is 0 Å². The smallest absolute Gasteiger partial charge is 0.313 e. The zero-order chi connectivity index (χ0) is 13.8. The molecule has 1 amide bonds. The van der Waals surface area contributed by atoms with Crippen LogP contribution in [0.3, 0.4) is 0 Å². The number of carbonyl (C=O) groups is 2. The Hall–Kier alpha value is -1.50. The van der Waals surface area contributed by atoms with Gasteiger partial charge in [0.1, 0.15) is 0 Å². The Morgan fingerprint density at radius 2 is 2.47 bits per heavy atom. The number of nitrogens with zero attached hydrogens (tertiary/aromatic N) is 2. The molecule has 0 aliphatic carbocycles. The van der Waals surface area contributed by atoms with Gasteiger partial charge in [0.25, 0.3) is 0 Å². The van der Waals surface area contributed by atoms with Gasteiger partial charge in [0.15, 0.2) is 5.16 Å². The van der Waals surface area contributed by atoms with Gasteiger partial charge in [0.2, 0.25) is 5.91 Å². The lowest BCUT2D eigenvalue weighted by Gasteiger charge is -2.15. The highest BCUT2D eigenvalue weighted by atomic mass is 32.2. The van der Waals surface area contributed by atoms with Gasteiger partial charge in [-0.15, -0.1) is 0 Å². The van der Waals surface area contributed by atoms with Crippen LogP contribution in [0.5, 0.6) is 0 Å². The van der Waals surface area contributed by atoms with Gasteiger partial charge in [-0.1, -0.05) is 18.7 Å². The average molecular weight is 283 g/mol. The van der Waals surface area contributed by atoms with E-state index in [0.717, 1.165) is 18.5 Å². The van der Waals surface area contributed by atoms with E-state index in [1.54, 1.807) is 6.20 Å². The molecule has 0 radical (unpaired) electrons. The summed E-state index contributed by atoms with van der Waals surface area (Å²) >= 11 is 1.22. The van der Waals surface area contributed by atoms with Gasteiger partial charge in [-0.3, -0.25) is 9.59 Å². The molecule has 1 atom stereocenters. The zero-order valence-electron chi connectivity index (χ0n) is 10.8. The van der Waals surface area contributed by atoms with Gasteiger partial charge in [0, 0.05) is 30.9 Å². The van der Waals surface area contributed by atoms with E-state index in [1.807, 2.05) is 11.5 Å². The first-order chi connectivity index (χ1) is 9.10. The summed E-state index contributed by atoms with van der Waals surface area (Å²) in [6.45, 7) is 2.70. The minimum Gasteiger partial charge on any atom is -0.481 e. The fraction of sp³-hybridized carbons (Fsp3) is 0.583. The van der Waals surface area contributed by atoms with Crippen LogP contribution in [-0.2, 0) is 22.6 Å². The van der Waals surface area contributed by atoms with Gasteiger partial charge >= 0.3 is 5.97 Å². The van der Waals surface area contributed by atoms with Crippen molar-refractivity contribution >= 4 is 23.6 Å². The molecule has 1 aromatic rings. The molecule has 0 saturated carbocycles. The van der Waals surface area contributed by atoms with Crippen molar-refractivity contribution in [3.63, 3.8) is 0 Å². The molecule has 1 unspecified atom stereocenters. The predicted octanol–water partition coefficient (Wildman–Crippen LogP) is 0.901. The molecule has 0 aromatic carbocycles. The second-order valence-corrected chi connectivity index (χ2v) is 5.42. The first-order valence-electron chi connectivity index (χ1n) is 6.28. The van der Waals surface area contributed by atoms with Crippen molar-refractivity contribution < 1.29 is 14.7 Å². The predicted molar refractivity (Wildman–Crippen MR) is 71.1 cm³/mol. The molecule has 6 nitrogen and oxygen atoms in total. The van der Waals surface area contributed by atoms with Gasteiger partial charge in [-0.25, -0.2) is 4.98 Å². The number of nitrogens with one attached hydrogen (secondary N) is 1. The van der Waals surface area contributed by atoms with E-state index in [2.05, 4.69) is 10.3 Å². The summed E-state index contributed by atoms with van der Waals surface area (Å²) < 4.78 is 2.02. The monoisotopic (exact) mass is 283 g/mol. The molecule has 2 N–H and O–H groups in total. The maximum atomic E-state index is 11.2. The third-order valence-corrected chi connectivity index (χ3v) is 4.05. The zero-order valence-corrected chi connectivity index (χ0v) is 11.6. The maximum Gasteiger partial charge on any atom is 0.313 e. The van der Waals surface area contributed by atoms with Crippen LogP contribution >= 0.6 is 11.8 Å². The molecule has 2 rings (SSSR count). The van der Waals surface area contributed by atoms with Gasteiger partial charge in [0.05, 0.1) is 5.75 Å². The summed E-state index contributed by atoms with van der Waals surface area (Å²) in [6.07, 6.45) is 4.00. The normalized spacial score (nSPS) is 18.6. The molecule has 1 fully saturated rings. The number of aliphatic carboxylic acids is 1. The number of hydrogen-bond acceptors (Lipinski definition) is 4. The standard InChI is InChI=1S/C12H17N3O3S/c1-2-9-5-13-12(19-7-11(17)18)15(9)6-8-3-4-10(16)14-8/h5,8H,2-4,6-7H2,1H3,(H,14,16)(H,17,18). The van der Waals surface area contributed by atoms with E-state index in [9.17, 15) is 9.59 Å². The first kappa shape index (κ1) is 13.9. The number of imidazole rings is 1. The second-order valence-electron chi connectivity index (χ2n) is 4.48. The number of carboxylic acids is 1. The summed E-state index contributed by atoms with van der Waals surface area (Å²) in [5, 5.41) is 12.4. The molecule has 1 aliphatic heterocycles. The lowest BCUT2D eigenvalue weighted by Crippen LogP contribution is -2.30. The molecule has 7 heteroatoms. The van der Waals surface area contributed by atoms with E-state index < -0.39 is 5.97 Å². The summed E-state index contributed by atoms with van der Waals surface area (Å²) in [5.41, 5.74) is 1.06. The molecule has 19 heavy (non-hydrogen) atoms. The van der Waals surface area contributed by atoms with Crippen molar-refractivity contribution in [3.05, 3.63) is 11.9 Å². The van der Waals surface area contributed by atoms with Crippen LogP contribution in [0.15, 0.2) is 11.4 Å². The molecule has 1 aliphatic rings. The fourth-order valence-electron chi connectivity index (χ4n) is 2.15. The van der Waals surface area contributed by atoms with Crippen LogP contribution in [0.2, 0.25) is 0 Å². The van der Waals surface area contributed by atoms with E-state index in [-0.39, 0.29) is 17.7 Å². The van der Waals surface area contributed by atoms with Gasteiger partial charge in [-0.05, 0) is 12.8 Å². The van der Waals surface area contributed by atoms with Gasteiger partial charge in [-0.2, -0.15) is 0 Å². The van der Waals surface area contributed by atoms with Crippen molar-refractivity contribution in [2.75, 3.05) is 5.75 Å². The van der Waals surface area contributed by atoms with E-state index in [4.69, 9.17) is 5.11 Å². The average Bonchev–Trinajstić information content (AvgIpc) is 2.94. The van der Waals surface area contributed by atoms with Crippen molar-refractivity contribution in [2.24, 2.45) is 0 Å². The number of amides is 1. The van der Waals surface area contributed by atoms with E-state index in [0.29, 0.717) is 18.1 Å². The van der Waals surface area contributed by atoms with Crippen LogP contribution < -0.4 is 5.32 Å². The quantitative estimate of drug-likeness (QED) is 0.758. The summed E-state index contributed by atoms with van der Waals surface area (Å²) in [5.74, 6) is -0.772. The Bertz CT molecular complexity index is 487. The third kappa shape index (κ3) is 3.50. The first-order valence-corrected chi connectivity index (χ1v) is 7.27. The molecular weight excluding hydrogens is 266 g/mol. The Kier molecular flexibility index (Phi) is 4.47. The second kappa shape index (κ2) is 6.10. The van der Waals surface area contributed by atoms with Crippen molar-refractivity contribution in [2.45, 2.75) is 43.9 Å². The largest absolute Gasteiger partial charge is 0.481 e. The highest BCUT2D eigenvalue weighted by Crippen LogP contribution is 2.21. The molecule has 104 valence electrons. The maximum absolute atomic E-state index is 11.2. The van der Waals surface area contributed by atoms with Crippen molar-refractivity contribution in [1.82, 2.24) is 14.9 Å². The Morgan fingerprint density at radius 3 is 3.05 bits per heavy atom. The number of carboxylic acid groups (broad SMARTS) is 1. The minimum atomic E-state index is -0.855. The van der Waals surface area contributed by atoms with Gasteiger partial charge < -0.3 is 15.0 Å². The number of aromatic nitrogens is 2. The number of rotatable bonds is 6. The van der Waals surface area contributed by atoms with Crippen molar-refractivity contribution in [3.8, 4) is 0 Å². The topological polar surface area (TPSA) is 84.2 Å². The Labute approximate surface area is 115 Å². The molecule has 1 saturated heterocycles. The Balaban J connectivity index is 2.09. The number of aryl methyl sites for hydroxylation is 1. The molecule has 2 heterocycles. The Morgan fingerprint density at radius 1 is 1.68 bits per heavy atom. The lowest BCUT2D eigenvalue weighted by atomic mass is 10.2. The number of carbonyl (C=O) groups excluding carboxylic acids is 1. The van der Waals surface area contributed by atoms with Crippen molar-refractivity contribution in [1.29, 1.82) is 0 Å². The molecule has 0 bridgehead atoms. The van der Waals surface area contributed by atoms with E-state index >= 15 is 0 Å². The minimum absolute atomic E-state index is 0.00278. The molecular formula is C12H17N3O3S. The van der Waals surface area contributed by atoms with E-state index in [1.165, 1.54) is 11.8 Å². The fourth-order valence-corrected chi connectivity index (χ4v) is 2.87. The summed E-state index contributed by atoms with van der Waals surface area (Å²) in [6, 6.07) is 0.121. The van der Waals surface area contributed by atoms with Crippen LogP contribution in [0, 0.1) is 0 Å². The number of hydrogen-bond donors (Lipinski definition) is 2. The lowest BCUT2D eigenvalue weighted by molar-refractivity contribution is -0.133. The SMILES string of the molecule is CCc1cnc(SCC(=O)O)n1CC1CCC(=O)N1.